The Kier molecular flexibility index (Phi) is 4.45. The van der Waals surface area contributed by atoms with Gasteiger partial charge in [0.2, 0.25) is 5.75 Å². The molecule has 0 aliphatic carbocycles. The third-order valence-corrected chi connectivity index (χ3v) is 4.32. The molecule has 138 valence electrons. The van der Waals surface area contributed by atoms with Crippen molar-refractivity contribution in [1.29, 1.82) is 0 Å². The summed E-state index contributed by atoms with van der Waals surface area (Å²) in [6.07, 6.45) is 1.62. The Morgan fingerprint density at radius 3 is 2.36 bits per heavy atom. The Morgan fingerprint density at radius 1 is 0.929 bits per heavy atom. The predicted octanol–water partition coefficient (Wildman–Crippen LogP) is 5.61. The molecular formula is C22H17N3O3. The minimum atomic E-state index is -0.448. The molecule has 28 heavy (non-hydrogen) atoms. The molecule has 4 aromatic rings. The largest absolute Gasteiger partial charge is 0.450 e. The zero-order valence-corrected chi connectivity index (χ0v) is 15.4. The maximum Gasteiger partial charge on any atom is 0.312 e. The second-order valence-corrected chi connectivity index (χ2v) is 6.61. The van der Waals surface area contributed by atoms with Crippen LogP contribution in [0.5, 0.6) is 11.5 Å². The Labute approximate surface area is 161 Å². The number of aromatic nitrogens is 2. The Balaban J connectivity index is 1.74. The van der Waals surface area contributed by atoms with Crippen LogP contribution in [0, 0.1) is 24.0 Å². The molecule has 0 radical (unpaired) electrons. The smallest absolute Gasteiger partial charge is 0.312 e. The normalized spacial score (nSPS) is 10.8. The van der Waals surface area contributed by atoms with Crippen LogP contribution in [0.2, 0.25) is 0 Å². The quantitative estimate of drug-likeness (QED) is 0.344. The number of rotatable bonds is 4. The van der Waals surface area contributed by atoms with Crippen LogP contribution in [0.15, 0.2) is 66.9 Å². The van der Waals surface area contributed by atoms with Crippen molar-refractivity contribution in [1.82, 2.24) is 9.97 Å². The lowest BCUT2D eigenvalue weighted by atomic mass is 10.1. The van der Waals surface area contributed by atoms with Crippen molar-refractivity contribution in [2.75, 3.05) is 0 Å². The summed E-state index contributed by atoms with van der Waals surface area (Å²) in [5.41, 5.74) is 4.62. The molecule has 1 aromatic heterocycles. The highest BCUT2D eigenvalue weighted by molar-refractivity contribution is 5.77. The molecule has 6 heteroatoms. The number of para-hydroxylation sites is 2. The fourth-order valence-electron chi connectivity index (χ4n) is 3.12. The number of nitro benzene ring substituents is 1. The molecule has 0 fully saturated rings. The van der Waals surface area contributed by atoms with Crippen molar-refractivity contribution in [3.63, 3.8) is 0 Å². The van der Waals surface area contributed by atoms with Gasteiger partial charge in [0.25, 0.3) is 0 Å². The van der Waals surface area contributed by atoms with Gasteiger partial charge in [-0.2, -0.15) is 0 Å². The van der Waals surface area contributed by atoms with Crippen molar-refractivity contribution >= 4 is 16.7 Å². The molecule has 6 nitrogen and oxygen atoms in total. The number of hydrogen-bond donors (Lipinski definition) is 0. The predicted molar refractivity (Wildman–Crippen MR) is 108 cm³/mol. The van der Waals surface area contributed by atoms with E-state index in [0.29, 0.717) is 17.0 Å². The van der Waals surface area contributed by atoms with Crippen LogP contribution in [-0.2, 0) is 0 Å². The van der Waals surface area contributed by atoms with Crippen LogP contribution in [-0.4, -0.2) is 14.9 Å². The number of aryl methyl sites for hydroxylation is 2. The molecule has 0 aliphatic heterocycles. The van der Waals surface area contributed by atoms with Gasteiger partial charge in [0, 0.05) is 11.6 Å². The van der Waals surface area contributed by atoms with Gasteiger partial charge in [0.1, 0.15) is 5.75 Å². The molecule has 4 rings (SSSR count). The van der Waals surface area contributed by atoms with Crippen molar-refractivity contribution in [3.05, 3.63) is 88.1 Å². The van der Waals surface area contributed by atoms with Gasteiger partial charge in [-0.25, -0.2) is 4.98 Å². The summed E-state index contributed by atoms with van der Waals surface area (Å²) in [7, 11) is 0. The standard InChI is InChI=1S/C22H17N3O3/c1-14-9-15(2)11-17(10-14)28-22-8-7-16(12-21(22)25(26)27)20-13-23-18-5-3-4-6-19(18)24-20/h3-13H,1-2H3. The van der Waals surface area contributed by atoms with E-state index < -0.39 is 4.92 Å². The first kappa shape index (κ1) is 17.6. The molecule has 3 aromatic carbocycles. The summed E-state index contributed by atoms with van der Waals surface area (Å²) >= 11 is 0. The van der Waals surface area contributed by atoms with Gasteiger partial charge in [-0.3, -0.25) is 15.1 Å². The highest BCUT2D eigenvalue weighted by atomic mass is 16.6. The second kappa shape index (κ2) is 7.08. The lowest BCUT2D eigenvalue weighted by Crippen LogP contribution is -1.96. The van der Waals surface area contributed by atoms with E-state index in [9.17, 15) is 10.1 Å². The van der Waals surface area contributed by atoms with Crippen LogP contribution < -0.4 is 4.74 Å². The molecule has 0 saturated heterocycles. The van der Waals surface area contributed by atoms with Crippen molar-refractivity contribution < 1.29 is 9.66 Å². The molecule has 1 heterocycles. The number of fused-ring (bicyclic) bond motifs is 1. The first-order valence-electron chi connectivity index (χ1n) is 8.76. The summed E-state index contributed by atoms with van der Waals surface area (Å²) in [6, 6.07) is 18.0. The highest BCUT2D eigenvalue weighted by Crippen LogP contribution is 2.35. The molecule has 0 atom stereocenters. The summed E-state index contributed by atoms with van der Waals surface area (Å²) in [6.45, 7) is 3.91. The van der Waals surface area contributed by atoms with E-state index in [1.807, 2.05) is 56.3 Å². The van der Waals surface area contributed by atoms with Gasteiger partial charge in [-0.05, 0) is 61.4 Å². The average molecular weight is 371 g/mol. The maximum atomic E-state index is 11.6. The highest BCUT2D eigenvalue weighted by Gasteiger charge is 2.18. The van der Waals surface area contributed by atoms with E-state index >= 15 is 0 Å². The number of benzene rings is 3. The first-order valence-corrected chi connectivity index (χ1v) is 8.76. The zero-order valence-electron chi connectivity index (χ0n) is 15.4. The topological polar surface area (TPSA) is 78.2 Å². The third-order valence-electron chi connectivity index (χ3n) is 4.32. The summed E-state index contributed by atoms with van der Waals surface area (Å²) in [5, 5.41) is 11.6. The van der Waals surface area contributed by atoms with Gasteiger partial charge in [0.15, 0.2) is 0 Å². The van der Waals surface area contributed by atoms with Gasteiger partial charge < -0.3 is 4.74 Å². The molecule has 0 saturated carbocycles. The molecule has 0 aliphatic rings. The van der Waals surface area contributed by atoms with Crippen LogP contribution in [0.1, 0.15) is 11.1 Å². The first-order chi connectivity index (χ1) is 13.5. The maximum absolute atomic E-state index is 11.6. The minimum Gasteiger partial charge on any atom is -0.450 e. The monoisotopic (exact) mass is 371 g/mol. The van der Waals surface area contributed by atoms with Gasteiger partial charge in [0.05, 0.1) is 27.8 Å². The zero-order chi connectivity index (χ0) is 19.7. The Bertz CT molecular complexity index is 1180. The lowest BCUT2D eigenvalue weighted by Gasteiger charge is -2.10. The van der Waals surface area contributed by atoms with Crippen molar-refractivity contribution in [2.24, 2.45) is 0 Å². The number of ether oxygens (including phenoxy) is 1. The van der Waals surface area contributed by atoms with E-state index in [2.05, 4.69) is 9.97 Å². The van der Waals surface area contributed by atoms with Crippen LogP contribution in [0.3, 0.4) is 0 Å². The van der Waals surface area contributed by atoms with E-state index in [1.54, 1.807) is 18.3 Å². The van der Waals surface area contributed by atoms with Crippen LogP contribution in [0.4, 0.5) is 5.69 Å². The SMILES string of the molecule is Cc1cc(C)cc(Oc2ccc(-c3cnc4ccccc4n3)cc2[N+](=O)[O-])c1. The van der Waals surface area contributed by atoms with Crippen LogP contribution >= 0.6 is 0 Å². The Morgan fingerprint density at radius 2 is 1.64 bits per heavy atom. The second-order valence-electron chi connectivity index (χ2n) is 6.61. The molecule has 0 spiro atoms. The lowest BCUT2D eigenvalue weighted by molar-refractivity contribution is -0.385. The number of nitrogens with zero attached hydrogens (tertiary/aromatic N) is 3. The number of hydrogen-bond acceptors (Lipinski definition) is 5. The van der Waals surface area contributed by atoms with Gasteiger partial charge in [-0.1, -0.05) is 18.2 Å². The fourth-order valence-corrected chi connectivity index (χ4v) is 3.12. The number of nitro groups is 1. The summed E-state index contributed by atoms with van der Waals surface area (Å²) < 4.78 is 5.82. The molecule has 0 N–H and O–H groups in total. The minimum absolute atomic E-state index is 0.119. The van der Waals surface area contributed by atoms with E-state index in [1.165, 1.54) is 6.07 Å². The van der Waals surface area contributed by atoms with Crippen LogP contribution in [0.25, 0.3) is 22.3 Å². The van der Waals surface area contributed by atoms with E-state index in [4.69, 9.17) is 4.74 Å². The summed E-state index contributed by atoms with van der Waals surface area (Å²) in [4.78, 5) is 20.1. The van der Waals surface area contributed by atoms with Gasteiger partial charge in [-0.15, -0.1) is 0 Å². The fraction of sp³-hybridized carbons (Fsp3) is 0.0909. The van der Waals surface area contributed by atoms with Gasteiger partial charge >= 0.3 is 5.69 Å². The van der Waals surface area contributed by atoms with Crippen molar-refractivity contribution in [2.45, 2.75) is 13.8 Å². The summed E-state index contributed by atoms with van der Waals surface area (Å²) in [5.74, 6) is 0.756. The molecule has 0 bridgehead atoms. The van der Waals surface area contributed by atoms with Crippen molar-refractivity contribution in [3.8, 4) is 22.8 Å². The molecular weight excluding hydrogens is 354 g/mol. The van der Waals surface area contributed by atoms with E-state index in [-0.39, 0.29) is 11.4 Å². The average Bonchev–Trinajstić information content (AvgIpc) is 2.67. The van der Waals surface area contributed by atoms with E-state index in [0.717, 1.165) is 22.2 Å². The molecule has 0 unspecified atom stereocenters. The third kappa shape index (κ3) is 3.53. The Hall–Kier alpha value is -3.80. The molecule has 0 amide bonds.